The zero-order valence-corrected chi connectivity index (χ0v) is 11.6. The molecule has 9 nitrogen and oxygen atoms in total. The Morgan fingerprint density at radius 3 is 2.64 bits per heavy atom. The van der Waals surface area contributed by atoms with E-state index < -0.39 is 11.0 Å². The monoisotopic (exact) mass is 300 g/mol. The Hall–Kier alpha value is -3.23. The maximum atomic E-state index is 10.6. The SMILES string of the molecule is Cc1cc(C(C=NO)N=Nc2ccc([N+](=O)[O-])cc2)ncn1. The number of hydrogen-bond donors (Lipinski definition) is 1. The maximum absolute atomic E-state index is 10.6. The Labute approximate surface area is 125 Å². The van der Waals surface area contributed by atoms with E-state index in [9.17, 15) is 10.1 Å². The van der Waals surface area contributed by atoms with Crippen molar-refractivity contribution >= 4 is 17.6 Å². The first kappa shape index (κ1) is 15.2. The summed E-state index contributed by atoms with van der Waals surface area (Å²) in [4.78, 5) is 18.1. The minimum Gasteiger partial charge on any atom is -0.411 e. The minimum atomic E-state index is -0.679. The van der Waals surface area contributed by atoms with Gasteiger partial charge in [-0.1, -0.05) is 5.16 Å². The second-order valence-electron chi connectivity index (χ2n) is 4.28. The highest BCUT2D eigenvalue weighted by Gasteiger charge is 2.10. The van der Waals surface area contributed by atoms with Crippen LogP contribution in [-0.2, 0) is 0 Å². The molecule has 1 unspecified atom stereocenters. The lowest BCUT2D eigenvalue weighted by Gasteiger charge is -2.04. The number of benzene rings is 1. The van der Waals surface area contributed by atoms with Gasteiger partial charge in [0.1, 0.15) is 6.33 Å². The highest BCUT2D eigenvalue weighted by Crippen LogP contribution is 2.21. The van der Waals surface area contributed by atoms with Crippen molar-refractivity contribution in [1.29, 1.82) is 0 Å². The van der Waals surface area contributed by atoms with Crippen molar-refractivity contribution in [3.05, 3.63) is 58.2 Å². The van der Waals surface area contributed by atoms with Gasteiger partial charge in [-0.15, -0.1) is 0 Å². The van der Waals surface area contributed by atoms with Crippen LogP contribution in [0.5, 0.6) is 0 Å². The summed E-state index contributed by atoms with van der Waals surface area (Å²) in [5.74, 6) is 0. The average Bonchev–Trinajstić information content (AvgIpc) is 2.52. The molecule has 2 aromatic rings. The van der Waals surface area contributed by atoms with Crippen molar-refractivity contribution in [1.82, 2.24) is 9.97 Å². The number of nitrogens with zero attached hydrogens (tertiary/aromatic N) is 6. The third-order valence-electron chi connectivity index (χ3n) is 2.69. The van der Waals surface area contributed by atoms with Crippen molar-refractivity contribution < 1.29 is 10.1 Å². The second kappa shape index (κ2) is 6.97. The molecule has 0 saturated heterocycles. The summed E-state index contributed by atoms with van der Waals surface area (Å²) >= 11 is 0. The lowest BCUT2D eigenvalue weighted by Crippen LogP contribution is -2.01. The van der Waals surface area contributed by atoms with Gasteiger partial charge in [-0.05, 0) is 25.1 Å². The minimum absolute atomic E-state index is 0.0288. The van der Waals surface area contributed by atoms with Gasteiger partial charge in [-0.3, -0.25) is 10.1 Å². The van der Waals surface area contributed by atoms with E-state index in [4.69, 9.17) is 5.21 Å². The number of hydrogen-bond acceptors (Lipinski definition) is 8. The van der Waals surface area contributed by atoms with Gasteiger partial charge in [-0.2, -0.15) is 10.2 Å². The smallest absolute Gasteiger partial charge is 0.269 e. The summed E-state index contributed by atoms with van der Waals surface area (Å²) in [5, 5.41) is 30.2. The van der Waals surface area contributed by atoms with Crippen molar-refractivity contribution in [2.24, 2.45) is 15.4 Å². The molecule has 0 radical (unpaired) electrons. The number of rotatable bonds is 5. The van der Waals surface area contributed by atoms with E-state index in [-0.39, 0.29) is 5.69 Å². The number of nitro groups is 1. The molecule has 2 rings (SSSR count). The fraction of sp³-hybridized carbons (Fsp3) is 0.154. The molecule has 1 aromatic carbocycles. The van der Waals surface area contributed by atoms with Crippen LogP contribution in [0, 0.1) is 17.0 Å². The first-order valence-corrected chi connectivity index (χ1v) is 6.21. The van der Waals surface area contributed by atoms with Gasteiger partial charge in [-0.25, -0.2) is 9.97 Å². The molecule has 1 N–H and O–H groups in total. The largest absolute Gasteiger partial charge is 0.411 e. The normalized spacial score (nSPS) is 12.8. The number of nitro benzene ring substituents is 1. The standard InChI is InChI=1S/C13H12N6O3/c1-9-6-12(15-8-14-9)13(7-16-20)18-17-10-2-4-11(5-3-10)19(21)22/h2-8,13,20H,1H3. The summed E-state index contributed by atoms with van der Waals surface area (Å²) in [6.07, 6.45) is 2.56. The van der Waals surface area contributed by atoms with Gasteiger partial charge in [0, 0.05) is 17.8 Å². The molecule has 22 heavy (non-hydrogen) atoms. The van der Waals surface area contributed by atoms with Crippen LogP contribution in [0.4, 0.5) is 11.4 Å². The van der Waals surface area contributed by atoms with E-state index in [0.717, 1.165) is 5.69 Å². The number of aryl methyl sites for hydroxylation is 1. The van der Waals surface area contributed by atoms with E-state index >= 15 is 0 Å². The second-order valence-corrected chi connectivity index (χ2v) is 4.28. The molecule has 1 heterocycles. The molecule has 0 aliphatic rings. The number of oxime groups is 1. The van der Waals surface area contributed by atoms with Crippen LogP contribution in [0.3, 0.4) is 0 Å². The molecular weight excluding hydrogens is 288 g/mol. The lowest BCUT2D eigenvalue weighted by molar-refractivity contribution is -0.384. The third kappa shape index (κ3) is 3.88. The topological polar surface area (TPSA) is 126 Å². The third-order valence-corrected chi connectivity index (χ3v) is 2.69. The molecule has 1 atom stereocenters. The fourth-order valence-corrected chi connectivity index (χ4v) is 1.64. The quantitative estimate of drug-likeness (QED) is 0.298. The fourth-order valence-electron chi connectivity index (χ4n) is 1.64. The van der Waals surface area contributed by atoms with E-state index in [2.05, 4.69) is 25.4 Å². The lowest BCUT2D eigenvalue weighted by atomic mass is 10.2. The number of aromatic nitrogens is 2. The molecule has 0 bridgehead atoms. The van der Waals surface area contributed by atoms with Crippen LogP contribution >= 0.6 is 0 Å². The highest BCUT2D eigenvalue weighted by molar-refractivity contribution is 5.65. The van der Waals surface area contributed by atoms with Gasteiger partial charge in [0.25, 0.3) is 5.69 Å². The van der Waals surface area contributed by atoms with Crippen molar-refractivity contribution in [2.75, 3.05) is 0 Å². The molecule has 9 heteroatoms. The Morgan fingerprint density at radius 1 is 1.32 bits per heavy atom. The van der Waals surface area contributed by atoms with E-state index in [1.807, 2.05) is 0 Å². The van der Waals surface area contributed by atoms with Crippen LogP contribution in [0.15, 0.2) is 52.0 Å². The summed E-state index contributed by atoms with van der Waals surface area (Å²) in [6.45, 7) is 1.80. The van der Waals surface area contributed by atoms with Gasteiger partial charge in [0.05, 0.1) is 22.5 Å². The number of non-ortho nitro benzene ring substituents is 1. The number of azo groups is 1. The summed E-state index contributed by atoms with van der Waals surface area (Å²) < 4.78 is 0. The molecule has 0 spiro atoms. The van der Waals surface area contributed by atoms with E-state index in [0.29, 0.717) is 11.4 Å². The maximum Gasteiger partial charge on any atom is 0.269 e. The van der Waals surface area contributed by atoms with Crippen molar-refractivity contribution in [3.8, 4) is 0 Å². The molecule has 0 aliphatic heterocycles. The molecule has 0 aliphatic carbocycles. The highest BCUT2D eigenvalue weighted by atomic mass is 16.6. The first-order valence-electron chi connectivity index (χ1n) is 6.21. The van der Waals surface area contributed by atoms with Crippen molar-refractivity contribution in [2.45, 2.75) is 13.0 Å². The Balaban J connectivity index is 2.22. The molecule has 112 valence electrons. The Bertz CT molecular complexity index is 714. The van der Waals surface area contributed by atoms with Crippen LogP contribution in [0.1, 0.15) is 17.4 Å². The van der Waals surface area contributed by atoms with Crippen LogP contribution < -0.4 is 0 Å². The first-order chi connectivity index (χ1) is 10.6. The van der Waals surface area contributed by atoms with Crippen molar-refractivity contribution in [3.63, 3.8) is 0 Å². The Morgan fingerprint density at radius 2 is 2.05 bits per heavy atom. The van der Waals surface area contributed by atoms with Gasteiger partial charge in [0.15, 0.2) is 6.04 Å². The predicted octanol–water partition coefficient (Wildman–Crippen LogP) is 2.98. The van der Waals surface area contributed by atoms with Gasteiger partial charge >= 0.3 is 0 Å². The van der Waals surface area contributed by atoms with Crippen LogP contribution in [0.25, 0.3) is 0 Å². The van der Waals surface area contributed by atoms with Gasteiger partial charge in [0.2, 0.25) is 0 Å². The zero-order chi connectivity index (χ0) is 15.9. The molecule has 0 amide bonds. The van der Waals surface area contributed by atoms with Crippen LogP contribution in [-0.4, -0.2) is 26.3 Å². The van der Waals surface area contributed by atoms with Crippen LogP contribution in [0.2, 0.25) is 0 Å². The molecule has 0 fully saturated rings. The van der Waals surface area contributed by atoms with E-state index in [1.165, 1.54) is 36.8 Å². The zero-order valence-electron chi connectivity index (χ0n) is 11.6. The Kier molecular flexibility index (Phi) is 4.81. The van der Waals surface area contributed by atoms with E-state index in [1.54, 1.807) is 13.0 Å². The summed E-state index contributed by atoms with van der Waals surface area (Å²) in [6, 6.07) is 6.62. The van der Waals surface area contributed by atoms with Gasteiger partial charge < -0.3 is 5.21 Å². The summed E-state index contributed by atoms with van der Waals surface area (Å²) in [7, 11) is 0. The summed E-state index contributed by atoms with van der Waals surface area (Å²) in [5.41, 5.74) is 1.68. The predicted molar refractivity (Wildman–Crippen MR) is 77.4 cm³/mol. The average molecular weight is 300 g/mol. The molecule has 0 saturated carbocycles. The molecule has 1 aromatic heterocycles. The molecular formula is C13H12N6O3.